The number of piperazine rings is 1. The van der Waals surface area contributed by atoms with E-state index in [2.05, 4.69) is 35.0 Å². The number of rotatable bonds is 3. The van der Waals surface area contributed by atoms with Crippen molar-refractivity contribution < 1.29 is 9.53 Å². The van der Waals surface area contributed by atoms with Gasteiger partial charge >= 0.3 is 6.09 Å². The molecule has 8 heteroatoms. The molecule has 0 radical (unpaired) electrons. The number of aromatic nitrogens is 3. The molecule has 1 N–H and O–H groups in total. The lowest BCUT2D eigenvalue weighted by Crippen LogP contribution is -2.47. The van der Waals surface area contributed by atoms with E-state index < -0.39 is 6.09 Å². The van der Waals surface area contributed by atoms with Gasteiger partial charge in [0.2, 0.25) is 0 Å². The molecule has 1 aliphatic rings. The number of carbonyl (C=O) groups is 1. The van der Waals surface area contributed by atoms with Crippen LogP contribution in [0.3, 0.4) is 0 Å². The van der Waals surface area contributed by atoms with Crippen molar-refractivity contribution >= 4 is 23.5 Å². The minimum atomic E-state index is -0.559. The average Bonchev–Trinajstić information content (AvgIpc) is 2.63. The molecule has 120 valence electrons. The Labute approximate surface area is 134 Å². The molecule has 1 amide bonds. The predicted octanol–water partition coefficient (Wildman–Crippen LogP) is 1.38. The van der Waals surface area contributed by atoms with Gasteiger partial charge in [-0.3, -0.25) is 5.32 Å². The van der Waals surface area contributed by atoms with Crippen molar-refractivity contribution in [1.29, 1.82) is 0 Å². The molecule has 0 saturated carbocycles. The van der Waals surface area contributed by atoms with Crippen molar-refractivity contribution in [3.8, 4) is 0 Å². The van der Waals surface area contributed by atoms with Crippen molar-refractivity contribution in [2.75, 3.05) is 48.4 Å². The van der Waals surface area contributed by atoms with Crippen LogP contribution in [0, 0.1) is 0 Å². The summed E-state index contributed by atoms with van der Waals surface area (Å²) in [6.07, 6.45) is 1.25. The fourth-order valence-corrected chi connectivity index (χ4v) is 2.42. The SMILES string of the molecule is COC(=O)Nc1ccc(N2CCN(c3ccccn3)CC2)nn1. The smallest absolute Gasteiger partial charge is 0.412 e. The summed E-state index contributed by atoms with van der Waals surface area (Å²) in [5.41, 5.74) is 0. The molecule has 2 aromatic heterocycles. The summed E-state index contributed by atoms with van der Waals surface area (Å²) < 4.78 is 4.51. The fraction of sp³-hybridized carbons (Fsp3) is 0.333. The zero-order chi connectivity index (χ0) is 16.1. The topological polar surface area (TPSA) is 83.5 Å². The third-order valence-electron chi connectivity index (χ3n) is 3.64. The average molecular weight is 314 g/mol. The van der Waals surface area contributed by atoms with Gasteiger partial charge in [-0.05, 0) is 24.3 Å². The van der Waals surface area contributed by atoms with Crippen LogP contribution in [0.25, 0.3) is 0 Å². The van der Waals surface area contributed by atoms with Gasteiger partial charge in [-0.1, -0.05) is 6.07 Å². The van der Waals surface area contributed by atoms with Crippen LogP contribution in [-0.2, 0) is 4.74 Å². The number of amides is 1. The molecule has 1 saturated heterocycles. The number of hydrogen-bond acceptors (Lipinski definition) is 7. The van der Waals surface area contributed by atoms with E-state index in [9.17, 15) is 4.79 Å². The van der Waals surface area contributed by atoms with Gasteiger partial charge in [-0.25, -0.2) is 9.78 Å². The second kappa shape index (κ2) is 6.91. The van der Waals surface area contributed by atoms with Crippen molar-refractivity contribution in [3.63, 3.8) is 0 Å². The number of ether oxygens (including phenoxy) is 1. The molecule has 2 aromatic rings. The minimum absolute atomic E-state index is 0.368. The van der Waals surface area contributed by atoms with Crippen LogP contribution in [-0.4, -0.2) is 54.6 Å². The summed E-state index contributed by atoms with van der Waals surface area (Å²) in [5, 5.41) is 10.6. The number of hydrogen-bond donors (Lipinski definition) is 1. The highest BCUT2D eigenvalue weighted by atomic mass is 16.5. The van der Waals surface area contributed by atoms with Crippen LogP contribution in [0.1, 0.15) is 0 Å². The van der Waals surface area contributed by atoms with Gasteiger partial charge in [-0.2, -0.15) is 0 Å². The minimum Gasteiger partial charge on any atom is -0.453 e. The second-order valence-electron chi connectivity index (χ2n) is 5.06. The maximum Gasteiger partial charge on any atom is 0.412 e. The van der Waals surface area contributed by atoms with E-state index >= 15 is 0 Å². The number of carbonyl (C=O) groups excluding carboxylic acids is 1. The summed E-state index contributed by atoms with van der Waals surface area (Å²) >= 11 is 0. The van der Waals surface area contributed by atoms with E-state index in [1.54, 1.807) is 12.3 Å². The maximum absolute atomic E-state index is 11.1. The lowest BCUT2D eigenvalue weighted by molar-refractivity contribution is 0.187. The van der Waals surface area contributed by atoms with Gasteiger partial charge in [0.1, 0.15) is 5.82 Å². The summed E-state index contributed by atoms with van der Waals surface area (Å²) in [7, 11) is 1.30. The van der Waals surface area contributed by atoms with Crippen LogP contribution < -0.4 is 15.1 Å². The summed E-state index contributed by atoms with van der Waals surface area (Å²) in [4.78, 5) is 19.9. The first kappa shape index (κ1) is 15.0. The molecule has 0 spiro atoms. The van der Waals surface area contributed by atoms with E-state index in [1.165, 1.54) is 7.11 Å². The Hall–Kier alpha value is -2.90. The Morgan fingerprint density at radius 2 is 1.78 bits per heavy atom. The first-order valence-electron chi connectivity index (χ1n) is 7.36. The summed E-state index contributed by atoms with van der Waals surface area (Å²) in [6.45, 7) is 3.44. The van der Waals surface area contributed by atoms with Gasteiger partial charge in [-0.15, -0.1) is 10.2 Å². The van der Waals surface area contributed by atoms with Crippen LogP contribution >= 0.6 is 0 Å². The van der Waals surface area contributed by atoms with Gasteiger partial charge in [0.25, 0.3) is 0 Å². The summed E-state index contributed by atoms with van der Waals surface area (Å²) in [5.74, 6) is 2.16. The van der Waals surface area contributed by atoms with E-state index in [0.29, 0.717) is 5.82 Å². The zero-order valence-corrected chi connectivity index (χ0v) is 12.8. The third-order valence-corrected chi connectivity index (χ3v) is 3.64. The Balaban J connectivity index is 1.58. The highest BCUT2D eigenvalue weighted by molar-refractivity contribution is 5.83. The number of nitrogens with one attached hydrogen (secondary N) is 1. The van der Waals surface area contributed by atoms with Gasteiger partial charge < -0.3 is 14.5 Å². The largest absolute Gasteiger partial charge is 0.453 e. The Bertz CT molecular complexity index is 641. The Morgan fingerprint density at radius 3 is 2.35 bits per heavy atom. The van der Waals surface area contributed by atoms with Crippen molar-refractivity contribution in [2.45, 2.75) is 0 Å². The lowest BCUT2D eigenvalue weighted by Gasteiger charge is -2.35. The second-order valence-corrected chi connectivity index (χ2v) is 5.06. The molecule has 0 aromatic carbocycles. The molecule has 8 nitrogen and oxygen atoms in total. The van der Waals surface area contributed by atoms with Gasteiger partial charge in [0.05, 0.1) is 7.11 Å². The highest BCUT2D eigenvalue weighted by Crippen LogP contribution is 2.17. The number of pyridine rings is 1. The quantitative estimate of drug-likeness (QED) is 0.916. The highest BCUT2D eigenvalue weighted by Gasteiger charge is 2.19. The standard InChI is InChI=1S/C15H18N6O2/c1-23-15(22)17-12-5-6-14(19-18-12)21-10-8-20(9-11-21)13-4-2-3-7-16-13/h2-7H,8-11H2,1H3,(H,17,18,22). The van der Waals surface area contributed by atoms with Crippen molar-refractivity contribution in [1.82, 2.24) is 15.2 Å². The molecule has 0 atom stereocenters. The van der Waals surface area contributed by atoms with E-state index in [4.69, 9.17) is 0 Å². The van der Waals surface area contributed by atoms with Crippen molar-refractivity contribution in [3.05, 3.63) is 36.5 Å². The summed E-state index contributed by atoms with van der Waals surface area (Å²) in [6, 6.07) is 9.48. The third kappa shape index (κ3) is 3.65. The number of methoxy groups -OCH3 is 1. The van der Waals surface area contributed by atoms with E-state index in [0.717, 1.165) is 37.8 Å². The molecular formula is C15H18N6O2. The molecular weight excluding hydrogens is 296 g/mol. The molecule has 23 heavy (non-hydrogen) atoms. The molecule has 1 fully saturated rings. The predicted molar refractivity (Wildman–Crippen MR) is 86.7 cm³/mol. The zero-order valence-electron chi connectivity index (χ0n) is 12.8. The first-order valence-corrected chi connectivity index (χ1v) is 7.36. The monoisotopic (exact) mass is 314 g/mol. The van der Waals surface area contributed by atoms with Crippen LogP contribution in [0.5, 0.6) is 0 Å². The molecule has 0 aliphatic carbocycles. The van der Waals surface area contributed by atoms with Crippen LogP contribution in [0.4, 0.5) is 22.2 Å². The first-order chi connectivity index (χ1) is 11.3. The van der Waals surface area contributed by atoms with Gasteiger partial charge in [0.15, 0.2) is 11.6 Å². The fourth-order valence-electron chi connectivity index (χ4n) is 2.42. The number of nitrogens with zero attached hydrogens (tertiary/aromatic N) is 5. The Morgan fingerprint density at radius 1 is 1.04 bits per heavy atom. The van der Waals surface area contributed by atoms with E-state index in [-0.39, 0.29) is 0 Å². The molecule has 3 rings (SSSR count). The maximum atomic E-state index is 11.1. The molecule has 1 aliphatic heterocycles. The van der Waals surface area contributed by atoms with Crippen molar-refractivity contribution in [2.24, 2.45) is 0 Å². The van der Waals surface area contributed by atoms with Crippen LogP contribution in [0.15, 0.2) is 36.5 Å². The molecule has 3 heterocycles. The number of anilines is 3. The molecule has 0 unspecified atom stereocenters. The van der Waals surface area contributed by atoms with Crippen LogP contribution in [0.2, 0.25) is 0 Å². The lowest BCUT2D eigenvalue weighted by atomic mass is 10.3. The normalized spacial score (nSPS) is 14.5. The molecule has 0 bridgehead atoms. The van der Waals surface area contributed by atoms with E-state index in [1.807, 2.05) is 24.3 Å². The Kier molecular flexibility index (Phi) is 4.51. The van der Waals surface area contributed by atoms with Gasteiger partial charge in [0, 0.05) is 32.4 Å².